The maximum atomic E-state index is 12.6. The molecule has 1 aliphatic carbocycles. The van der Waals surface area contributed by atoms with Crippen molar-refractivity contribution in [3.63, 3.8) is 0 Å². The maximum Gasteiger partial charge on any atom is 0.292 e. The number of rotatable bonds is 5. The molecule has 6 nitrogen and oxygen atoms in total. The Morgan fingerprint density at radius 2 is 1.86 bits per heavy atom. The predicted octanol–water partition coefficient (Wildman–Crippen LogP) is 3.44. The zero-order valence-electron chi connectivity index (χ0n) is 15.5. The summed E-state index contributed by atoms with van der Waals surface area (Å²) >= 11 is 0. The number of hydrazone groups is 1. The minimum atomic E-state index is -0.409. The SMILES string of the molecule is O=C(N/N=C1\CCCC1CCc1ccccc1)c1n[nH]c(=O)c2ccccc12. The Hall–Kier alpha value is -3.28. The molecular formula is C22H22N4O2. The van der Waals surface area contributed by atoms with Gasteiger partial charge in [0.05, 0.1) is 5.39 Å². The molecule has 1 fully saturated rings. The van der Waals surface area contributed by atoms with E-state index < -0.39 is 5.91 Å². The smallest absolute Gasteiger partial charge is 0.267 e. The van der Waals surface area contributed by atoms with Crippen LogP contribution in [0, 0.1) is 5.92 Å². The van der Waals surface area contributed by atoms with Gasteiger partial charge in [0, 0.05) is 11.1 Å². The lowest BCUT2D eigenvalue weighted by Crippen LogP contribution is -2.24. The summed E-state index contributed by atoms with van der Waals surface area (Å²) < 4.78 is 0. The summed E-state index contributed by atoms with van der Waals surface area (Å²) in [5.74, 6) is -0.0190. The van der Waals surface area contributed by atoms with Crippen molar-refractivity contribution >= 4 is 22.4 Å². The highest BCUT2D eigenvalue weighted by molar-refractivity contribution is 6.05. The largest absolute Gasteiger partial charge is 0.292 e. The van der Waals surface area contributed by atoms with Crippen LogP contribution in [0.25, 0.3) is 10.8 Å². The zero-order valence-corrected chi connectivity index (χ0v) is 15.5. The average molecular weight is 374 g/mol. The molecule has 0 spiro atoms. The molecule has 3 aromatic rings. The first kappa shape index (κ1) is 18.1. The quantitative estimate of drug-likeness (QED) is 0.671. The molecule has 1 atom stereocenters. The van der Waals surface area contributed by atoms with E-state index in [9.17, 15) is 9.59 Å². The van der Waals surface area contributed by atoms with Gasteiger partial charge in [0.15, 0.2) is 5.69 Å². The van der Waals surface area contributed by atoms with Crippen LogP contribution in [0.5, 0.6) is 0 Å². The number of nitrogens with one attached hydrogen (secondary N) is 2. The lowest BCUT2D eigenvalue weighted by molar-refractivity contribution is 0.0950. The molecule has 28 heavy (non-hydrogen) atoms. The summed E-state index contributed by atoms with van der Waals surface area (Å²) in [6.07, 6.45) is 5.12. The lowest BCUT2D eigenvalue weighted by atomic mass is 9.97. The molecule has 2 aromatic carbocycles. The number of benzene rings is 2. The number of hydrogen-bond donors (Lipinski definition) is 2. The molecule has 1 saturated carbocycles. The van der Waals surface area contributed by atoms with E-state index in [1.54, 1.807) is 24.3 Å². The molecule has 0 saturated heterocycles. The molecule has 142 valence electrons. The van der Waals surface area contributed by atoms with Gasteiger partial charge in [-0.2, -0.15) is 10.2 Å². The van der Waals surface area contributed by atoms with Crippen LogP contribution in [0.4, 0.5) is 0 Å². The molecule has 1 amide bonds. The van der Waals surface area contributed by atoms with Crippen molar-refractivity contribution in [2.45, 2.75) is 32.1 Å². The molecular weight excluding hydrogens is 352 g/mol. The highest BCUT2D eigenvalue weighted by Crippen LogP contribution is 2.27. The number of carbonyl (C=O) groups is 1. The van der Waals surface area contributed by atoms with E-state index in [-0.39, 0.29) is 11.3 Å². The Labute approximate surface area is 162 Å². The number of H-pyrrole nitrogens is 1. The minimum absolute atomic E-state index is 0.179. The minimum Gasteiger partial charge on any atom is -0.267 e. The van der Waals surface area contributed by atoms with E-state index in [1.165, 1.54) is 5.56 Å². The van der Waals surface area contributed by atoms with Crippen LogP contribution >= 0.6 is 0 Å². The molecule has 6 heteroatoms. The fourth-order valence-electron chi connectivity index (χ4n) is 3.81. The lowest BCUT2D eigenvalue weighted by Gasteiger charge is -2.11. The van der Waals surface area contributed by atoms with Crippen molar-refractivity contribution in [1.82, 2.24) is 15.6 Å². The van der Waals surface area contributed by atoms with Gasteiger partial charge in [-0.05, 0) is 49.7 Å². The van der Waals surface area contributed by atoms with Gasteiger partial charge >= 0.3 is 0 Å². The molecule has 0 bridgehead atoms. The number of carbonyl (C=O) groups excluding carboxylic acids is 1. The fourth-order valence-corrected chi connectivity index (χ4v) is 3.81. The van der Waals surface area contributed by atoms with Crippen LogP contribution < -0.4 is 11.0 Å². The maximum absolute atomic E-state index is 12.6. The summed E-state index contributed by atoms with van der Waals surface area (Å²) in [6, 6.07) is 17.4. The second-order valence-corrected chi connectivity index (χ2v) is 7.10. The van der Waals surface area contributed by atoms with Crippen LogP contribution in [0.1, 0.15) is 41.7 Å². The molecule has 0 radical (unpaired) electrons. The predicted molar refractivity (Wildman–Crippen MR) is 109 cm³/mol. The number of aromatic amines is 1. The van der Waals surface area contributed by atoms with E-state index in [0.29, 0.717) is 16.7 Å². The molecule has 4 rings (SSSR count). The highest BCUT2D eigenvalue weighted by Gasteiger charge is 2.23. The third-order valence-electron chi connectivity index (χ3n) is 5.29. The van der Waals surface area contributed by atoms with Crippen LogP contribution in [-0.2, 0) is 6.42 Å². The molecule has 2 N–H and O–H groups in total. The van der Waals surface area contributed by atoms with E-state index in [0.717, 1.165) is 37.8 Å². The van der Waals surface area contributed by atoms with Crippen molar-refractivity contribution in [3.8, 4) is 0 Å². The zero-order chi connectivity index (χ0) is 19.3. The van der Waals surface area contributed by atoms with Gasteiger partial charge < -0.3 is 0 Å². The molecule has 1 aromatic heterocycles. The molecule has 1 unspecified atom stereocenters. The number of fused-ring (bicyclic) bond motifs is 1. The first-order valence-electron chi connectivity index (χ1n) is 9.60. The standard InChI is InChI=1S/C22H22N4O2/c27-21-18-11-5-4-10-17(18)20(24-25-21)22(28)26-23-19-12-6-9-16(19)14-13-15-7-2-1-3-8-15/h1-5,7-8,10-11,16H,6,9,12-14H2,(H,25,27)(H,26,28)/b23-19+. The Balaban J connectivity index is 1.47. The molecule has 1 heterocycles. The second-order valence-electron chi connectivity index (χ2n) is 7.10. The Kier molecular flexibility index (Phi) is 5.28. The van der Waals surface area contributed by atoms with Crippen LogP contribution in [0.3, 0.4) is 0 Å². The van der Waals surface area contributed by atoms with Crippen molar-refractivity contribution in [2.24, 2.45) is 11.0 Å². The van der Waals surface area contributed by atoms with E-state index >= 15 is 0 Å². The van der Waals surface area contributed by atoms with Gasteiger partial charge in [0.2, 0.25) is 0 Å². The number of aryl methyl sites for hydroxylation is 1. The third-order valence-corrected chi connectivity index (χ3v) is 5.29. The summed E-state index contributed by atoms with van der Waals surface area (Å²) in [7, 11) is 0. The number of hydrogen-bond acceptors (Lipinski definition) is 4. The average Bonchev–Trinajstić information content (AvgIpc) is 3.19. The van der Waals surface area contributed by atoms with Gasteiger partial charge in [-0.3, -0.25) is 9.59 Å². The van der Waals surface area contributed by atoms with Crippen molar-refractivity contribution in [3.05, 3.63) is 76.2 Å². The van der Waals surface area contributed by atoms with Crippen molar-refractivity contribution < 1.29 is 4.79 Å². The van der Waals surface area contributed by atoms with Gasteiger partial charge in [0.25, 0.3) is 11.5 Å². The Morgan fingerprint density at radius 3 is 2.68 bits per heavy atom. The van der Waals surface area contributed by atoms with Crippen LogP contribution in [0.15, 0.2) is 64.5 Å². The topological polar surface area (TPSA) is 87.2 Å². The van der Waals surface area contributed by atoms with Gasteiger partial charge in [-0.25, -0.2) is 10.5 Å². The second kappa shape index (κ2) is 8.17. The molecule has 1 aliphatic rings. The third kappa shape index (κ3) is 3.86. The van der Waals surface area contributed by atoms with Gasteiger partial charge in [0.1, 0.15) is 0 Å². The fraction of sp³-hybridized carbons (Fsp3) is 0.273. The summed E-state index contributed by atoms with van der Waals surface area (Å²) in [6.45, 7) is 0. The van der Waals surface area contributed by atoms with Crippen LogP contribution in [0.2, 0.25) is 0 Å². The first-order valence-corrected chi connectivity index (χ1v) is 9.60. The first-order chi connectivity index (χ1) is 13.7. The normalized spacial score (nSPS) is 17.9. The van der Waals surface area contributed by atoms with Gasteiger partial charge in [-0.1, -0.05) is 48.5 Å². The Bertz CT molecular complexity index is 1070. The number of aromatic nitrogens is 2. The van der Waals surface area contributed by atoms with Gasteiger partial charge in [-0.15, -0.1) is 0 Å². The summed E-state index contributed by atoms with van der Waals surface area (Å²) in [5, 5.41) is 11.7. The number of amides is 1. The van der Waals surface area contributed by atoms with Crippen LogP contribution in [-0.4, -0.2) is 21.8 Å². The van der Waals surface area contributed by atoms with E-state index in [2.05, 4.69) is 45.0 Å². The van der Waals surface area contributed by atoms with Crippen molar-refractivity contribution in [2.75, 3.05) is 0 Å². The van der Waals surface area contributed by atoms with Crippen molar-refractivity contribution in [1.29, 1.82) is 0 Å². The number of nitrogens with zero attached hydrogens (tertiary/aromatic N) is 2. The van der Waals surface area contributed by atoms with E-state index in [1.807, 2.05) is 6.07 Å². The molecule has 0 aliphatic heterocycles. The van der Waals surface area contributed by atoms with E-state index in [4.69, 9.17) is 0 Å². The summed E-state index contributed by atoms with van der Waals surface area (Å²) in [4.78, 5) is 24.5. The summed E-state index contributed by atoms with van der Waals surface area (Å²) in [5.41, 5.74) is 4.88. The highest BCUT2D eigenvalue weighted by atomic mass is 16.2. The Morgan fingerprint density at radius 1 is 1.11 bits per heavy atom. The monoisotopic (exact) mass is 374 g/mol.